The van der Waals surface area contributed by atoms with Crippen LogP contribution in [0.15, 0.2) is 71.6 Å². The van der Waals surface area contributed by atoms with E-state index in [1.807, 2.05) is 12.1 Å². The topological polar surface area (TPSA) is 60.2 Å². The lowest BCUT2D eigenvalue weighted by Gasteiger charge is -2.20. The van der Waals surface area contributed by atoms with Crippen molar-refractivity contribution in [2.24, 2.45) is 0 Å². The van der Waals surface area contributed by atoms with Crippen molar-refractivity contribution < 1.29 is 14.1 Å². The summed E-state index contributed by atoms with van der Waals surface area (Å²) in [5.41, 5.74) is 4.13. The summed E-state index contributed by atoms with van der Waals surface area (Å²) in [5, 5.41) is 10.9. The van der Waals surface area contributed by atoms with Gasteiger partial charge in [-0.25, -0.2) is 4.39 Å². The van der Waals surface area contributed by atoms with Gasteiger partial charge in [0.05, 0.1) is 9.80 Å². The highest BCUT2D eigenvalue weighted by Crippen LogP contribution is 2.46. The van der Waals surface area contributed by atoms with Crippen LogP contribution in [-0.2, 0) is 5.41 Å². The molecule has 0 N–H and O–H groups in total. The highest BCUT2D eigenvalue weighted by molar-refractivity contribution is 8.12. The minimum Gasteiger partial charge on any atom is -0.293 e. The summed E-state index contributed by atoms with van der Waals surface area (Å²) < 4.78 is 15.0. The number of carbonyl (C=O) groups excluding carboxylic acids is 1. The van der Waals surface area contributed by atoms with E-state index in [-0.39, 0.29) is 22.0 Å². The zero-order valence-corrected chi connectivity index (χ0v) is 22.9. The van der Waals surface area contributed by atoms with Gasteiger partial charge in [0.25, 0.3) is 0 Å². The lowest BCUT2D eigenvalue weighted by molar-refractivity contribution is -0.380. The van der Waals surface area contributed by atoms with Gasteiger partial charge < -0.3 is 0 Å². The zero-order valence-electron chi connectivity index (χ0n) is 21.3. The number of Topliss-reactive ketones (excluding diaryl/α,β-unsaturated/α-hetero) is 1. The maximum absolute atomic E-state index is 15.0. The molecule has 0 fully saturated rings. The van der Waals surface area contributed by atoms with Crippen molar-refractivity contribution >= 4 is 44.4 Å². The molecule has 1 aromatic heterocycles. The molecular formula is C30H30FNO3S2. The summed E-state index contributed by atoms with van der Waals surface area (Å²) in [5.74, 6) is -0.327. The number of nitrogens with zero attached hydrogens (tertiary/aromatic N) is 1. The standard InChI is InChI=1S/C30H30FNO3S2/c1-30(2,3)21-16-14-20(15-17-21)23-11-6-8-22(36-29(23)24-10-4-5-12-25(24)31)9-7-13-26(33)27-18-19-28(37-27)32(34)35/h4-5,8,10,12,14-19H,6-7,9,11,13H2,1-3H3. The van der Waals surface area contributed by atoms with Gasteiger partial charge in [0.2, 0.25) is 0 Å². The molecule has 0 saturated carbocycles. The molecule has 0 aliphatic carbocycles. The molecule has 0 bridgehead atoms. The van der Waals surface area contributed by atoms with Crippen LogP contribution in [-0.4, -0.2) is 10.7 Å². The van der Waals surface area contributed by atoms with Crippen LogP contribution in [0.4, 0.5) is 9.39 Å². The summed E-state index contributed by atoms with van der Waals surface area (Å²) in [4.78, 5) is 25.5. The van der Waals surface area contributed by atoms with Gasteiger partial charge in [-0.2, -0.15) is 0 Å². The van der Waals surface area contributed by atoms with Crippen molar-refractivity contribution in [3.05, 3.63) is 109 Å². The predicted molar refractivity (Wildman–Crippen MR) is 152 cm³/mol. The van der Waals surface area contributed by atoms with Gasteiger partial charge in [0.1, 0.15) is 5.82 Å². The van der Waals surface area contributed by atoms with Crippen molar-refractivity contribution in [1.82, 2.24) is 0 Å². The van der Waals surface area contributed by atoms with Crippen LogP contribution in [0.5, 0.6) is 0 Å². The Bertz CT molecular complexity index is 1360. The lowest BCUT2D eigenvalue weighted by atomic mass is 9.86. The van der Waals surface area contributed by atoms with Crippen LogP contribution < -0.4 is 0 Å². The van der Waals surface area contributed by atoms with Crippen molar-refractivity contribution in [3.8, 4) is 0 Å². The fourth-order valence-corrected chi connectivity index (χ4v) is 6.43. The molecule has 0 radical (unpaired) electrons. The smallest absolute Gasteiger partial charge is 0.293 e. The van der Waals surface area contributed by atoms with Crippen LogP contribution >= 0.6 is 23.1 Å². The van der Waals surface area contributed by atoms with Crippen LogP contribution in [0.3, 0.4) is 0 Å². The molecule has 0 unspecified atom stereocenters. The van der Waals surface area contributed by atoms with E-state index in [2.05, 4.69) is 51.1 Å². The number of thiophene rings is 1. The van der Waals surface area contributed by atoms with Crippen LogP contribution in [0.25, 0.3) is 10.5 Å². The Morgan fingerprint density at radius 1 is 1.05 bits per heavy atom. The Balaban J connectivity index is 1.55. The molecule has 0 spiro atoms. The molecule has 7 heteroatoms. The zero-order chi connectivity index (χ0) is 26.6. The number of rotatable bonds is 8. The Hall–Kier alpha value is -3.03. The molecule has 4 nitrogen and oxygen atoms in total. The summed E-state index contributed by atoms with van der Waals surface area (Å²) in [6.07, 6.45) is 5.47. The Kier molecular flexibility index (Phi) is 8.45. The minimum absolute atomic E-state index is 0.0203. The van der Waals surface area contributed by atoms with E-state index in [1.54, 1.807) is 17.8 Å². The van der Waals surface area contributed by atoms with Gasteiger partial charge in [-0.15, -0.1) is 0 Å². The average Bonchev–Trinajstić information content (AvgIpc) is 3.27. The Morgan fingerprint density at radius 2 is 1.78 bits per heavy atom. The average molecular weight is 536 g/mol. The molecule has 2 heterocycles. The van der Waals surface area contributed by atoms with E-state index in [0.29, 0.717) is 29.7 Å². The first-order valence-electron chi connectivity index (χ1n) is 12.4. The monoisotopic (exact) mass is 535 g/mol. The largest absolute Gasteiger partial charge is 0.324 e. The molecule has 1 aliphatic rings. The number of hydrogen-bond acceptors (Lipinski definition) is 5. The highest BCUT2D eigenvalue weighted by Gasteiger charge is 2.21. The molecular weight excluding hydrogens is 505 g/mol. The third kappa shape index (κ3) is 6.65. The van der Waals surface area contributed by atoms with Crippen molar-refractivity contribution in [2.75, 3.05) is 0 Å². The van der Waals surface area contributed by atoms with E-state index in [4.69, 9.17) is 0 Å². The second kappa shape index (κ2) is 11.6. The number of hydrogen-bond donors (Lipinski definition) is 0. The van der Waals surface area contributed by atoms with Gasteiger partial charge in [0.15, 0.2) is 5.78 Å². The molecule has 4 rings (SSSR count). The number of halogens is 1. The van der Waals surface area contributed by atoms with Crippen molar-refractivity contribution in [2.45, 2.75) is 58.3 Å². The third-order valence-corrected chi connectivity index (χ3v) is 8.75. The maximum Gasteiger partial charge on any atom is 0.324 e. The fourth-order valence-electron chi connectivity index (χ4n) is 4.31. The molecule has 3 aromatic rings. The molecule has 37 heavy (non-hydrogen) atoms. The summed E-state index contributed by atoms with van der Waals surface area (Å²) in [7, 11) is 0. The van der Waals surface area contributed by atoms with Gasteiger partial charge in [0, 0.05) is 23.0 Å². The first kappa shape index (κ1) is 27.0. The lowest BCUT2D eigenvalue weighted by Crippen LogP contribution is -2.10. The molecule has 1 aliphatic heterocycles. The number of thioether (sulfide) groups is 1. The normalized spacial score (nSPS) is 14.3. The molecule has 0 atom stereocenters. The van der Waals surface area contributed by atoms with E-state index in [0.717, 1.165) is 45.1 Å². The molecule has 2 aromatic carbocycles. The number of ketones is 1. The second-order valence-electron chi connectivity index (χ2n) is 10.1. The predicted octanol–water partition coefficient (Wildman–Crippen LogP) is 9.43. The van der Waals surface area contributed by atoms with Crippen molar-refractivity contribution in [1.29, 1.82) is 0 Å². The first-order valence-corrected chi connectivity index (χ1v) is 14.0. The number of benzene rings is 2. The van der Waals surface area contributed by atoms with Crippen LogP contribution in [0.1, 0.15) is 79.2 Å². The summed E-state index contributed by atoms with van der Waals surface area (Å²) in [6, 6.07) is 18.4. The quantitative estimate of drug-likeness (QED) is 0.164. The van der Waals surface area contributed by atoms with Gasteiger partial charge >= 0.3 is 5.00 Å². The van der Waals surface area contributed by atoms with E-state index < -0.39 is 4.92 Å². The third-order valence-electron chi connectivity index (χ3n) is 6.37. The Morgan fingerprint density at radius 3 is 2.43 bits per heavy atom. The highest BCUT2D eigenvalue weighted by atomic mass is 32.2. The first-order chi connectivity index (χ1) is 17.6. The number of carbonyl (C=O) groups is 1. The van der Waals surface area contributed by atoms with Gasteiger partial charge in [-0.05, 0) is 64.8 Å². The van der Waals surface area contributed by atoms with E-state index in [1.165, 1.54) is 23.8 Å². The fraction of sp³-hybridized carbons (Fsp3) is 0.300. The summed E-state index contributed by atoms with van der Waals surface area (Å²) >= 11 is 2.51. The molecule has 0 amide bonds. The van der Waals surface area contributed by atoms with Crippen molar-refractivity contribution in [3.63, 3.8) is 0 Å². The second-order valence-corrected chi connectivity index (χ2v) is 12.3. The molecule has 0 saturated heterocycles. The SMILES string of the molecule is CC(C)(C)c1ccc(C2=C(c3ccccc3F)SC(CCCC(=O)c3ccc([N+](=O)[O-])s3)=CCC2)cc1. The number of allylic oxidation sites excluding steroid dienone is 3. The van der Waals surface area contributed by atoms with Gasteiger partial charge in [-0.3, -0.25) is 14.9 Å². The molecule has 192 valence electrons. The minimum atomic E-state index is -0.473. The van der Waals surface area contributed by atoms with Gasteiger partial charge in [-0.1, -0.05) is 92.4 Å². The van der Waals surface area contributed by atoms with Crippen LogP contribution in [0, 0.1) is 15.9 Å². The van der Waals surface area contributed by atoms with E-state index >= 15 is 0 Å². The van der Waals surface area contributed by atoms with Crippen LogP contribution in [0.2, 0.25) is 0 Å². The number of nitro groups is 1. The summed E-state index contributed by atoms with van der Waals surface area (Å²) in [6.45, 7) is 6.57. The maximum atomic E-state index is 15.0. The Labute approximate surface area is 225 Å². The van der Waals surface area contributed by atoms with E-state index in [9.17, 15) is 19.3 Å².